The van der Waals surface area contributed by atoms with E-state index in [1.54, 1.807) is 11.3 Å². The molecule has 0 aliphatic heterocycles. The van der Waals surface area contributed by atoms with Gasteiger partial charge in [-0.15, -0.1) is 11.3 Å². The normalized spacial score (nSPS) is 11.8. The molecule has 4 aromatic rings. The van der Waals surface area contributed by atoms with Gasteiger partial charge in [-0.1, -0.05) is 13.8 Å². The lowest BCUT2D eigenvalue weighted by atomic mass is 9.95. The van der Waals surface area contributed by atoms with Crippen molar-refractivity contribution < 1.29 is 0 Å². The van der Waals surface area contributed by atoms with Crippen LogP contribution in [0.25, 0.3) is 27.6 Å². The molecule has 0 unspecified atom stereocenters. The van der Waals surface area contributed by atoms with Crippen molar-refractivity contribution in [2.75, 3.05) is 0 Å². The molecule has 0 aliphatic carbocycles. The van der Waals surface area contributed by atoms with Gasteiger partial charge in [0.05, 0.1) is 27.7 Å². The number of hydrogen-bond donors (Lipinski definition) is 0. The molecule has 0 saturated heterocycles. The summed E-state index contributed by atoms with van der Waals surface area (Å²) in [5.74, 6) is 0.511. The van der Waals surface area contributed by atoms with Crippen LogP contribution in [-0.4, -0.2) is 19.2 Å². The summed E-state index contributed by atoms with van der Waals surface area (Å²) in [7, 11) is 2.14. The van der Waals surface area contributed by atoms with E-state index in [2.05, 4.69) is 80.4 Å². The summed E-state index contributed by atoms with van der Waals surface area (Å²) in [6.45, 7) is 10.9. The van der Waals surface area contributed by atoms with Crippen molar-refractivity contribution in [3.05, 3.63) is 52.2 Å². The Balaban J connectivity index is 1.95. The zero-order valence-corrected chi connectivity index (χ0v) is 18.4. The van der Waals surface area contributed by atoms with E-state index in [9.17, 15) is 0 Å². The highest BCUT2D eigenvalue weighted by Crippen LogP contribution is 2.35. The van der Waals surface area contributed by atoms with Gasteiger partial charge in [-0.3, -0.25) is 0 Å². The van der Waals surface area contributed by atoms with Crippen LogP contribution in [0.3, 0.4) is 0 Å². The number of imidazole rings is 1. The topological polar surface area (TPSA) is 35.1 Å². The van der Waals surface area contributed by atoms with E-state index in [4.69, 9.17) is 10.1 Å². The number of nitrogens with zero attached hydrogens (tertiary/aromatic N) is 4. The summed E-state index contributed by atoms with van der Waals surface area (Å²) < 4.78 is 4.34. The van der Waals surface area contributed by atoms with Crippen molar-refractivity contribution in [2.45, 2.75) is 53.4 Å². The molecule has 0 saturated carbocycles. The molecule has 0 spiro atoms. The van der Waals surface area contributed by atoms with Gasteiger partial charge in [0.15, 0.2) is 5.65 Å². The molecule has 0 bridgehead atoms. The molecule has 0 aromatic carbocycles. The molecule has 0 N–H and O–H groups in total. The van der Waals surface area contributed by atoms with Crippen molar-refractivity contribution >= 4 is 17.0 Å². The van der Waals surface area contributed by atoms with Crippen LogP contribution in [0.15, 0.2) is 29.6 Å². The number of rotatable bonds is 5. The first-order valence-electron chi connectivity index (χ1n) is 10.0. The van der Waals surface area contributed by atoms with Gasteiger partial charge in [0, 0.05) is 12.6 Å². The van der Waals surface area contributed by atoms with Crippen LogP contribution in [0.5, 0.6) is 0 Å². The van der Waals surface area contributed by atoms with E-state index in [0.29, 0.717) is 5.92 Å². The van der Waals surface area contributed by atoms with Crippen LogP contribution in [0.2, 0.25) is 0 Å². The molecule has 4 nitrogen and oxygen atoms in total. The van der Waals surface area contributed by atoms with Gasteiger partial charge in [0.1, 0.15) is 5.69 Å². The fourth-order valence-electron chi connectivity index (χ4n) is 4.21. The maximum atomic E-state index is 4.97. The molecule has 28 heavy (non-hydrogen) atoms. The molecule has 0 fully saturated rings. The van der Waals surface area contributed by atoms with Crippen LogP contribution < -0.4 is 0 Å². The van der Waals surface area contributed by atoms with Crippen LogP contribution in [0.1, 0.15) is 55.1 Å². The van der Waals surface area contributed by atoms with Crippen LogP contribution in [0.4, 0.5) is 0 Å². The summed E-state index contributed by atoms with van der Waals surface area (Å²) in [5, 5.41) is 7.01. The Bertz CT molecular complexity index is 1140. The molecule has 0 atom stereocenters. The van der Waals surface area contributed by atoms with Crippen molar-refractivity contribution in [3.63, 3.8) is 0 Å². The lowest BCUT2D eigenvalue weighted by Gasteiger charge is -2.15. The minimum absolute atomic E-state index is 0.511. The molecule has 0 aliphatic rings. The molecule has 4 heterocycles. The largest absolute Gasteiger partial charge is 0.342 e. The zero-order valence-electron chi connectivity index (χ0n) is 17.6. The summed E-state index contributed by atoms with van der Waals surface area (Å²) in [6, 6.07) is 8.81. The van der Waals surface area contributed by atoms with E-state index < -0.39 is 0 Å². The number of aryl methyl sites for hydroxylation is 3. The van der Waals surface area contributed by atoms with E-state index in [1.807, 2.05) is 0 Å². The Labute approximate surface area is 170 Å². The molecule has 0 amide bonds. The van der Waals surface area contributed by atoms with E-state index >= 15 is 0 Å². The number of aromatic nitrogens is 4. The highest BCUT2D eigenvalue weighted by Gasteiger charge is 2.22. The average molecular weight is 393 g/mol. The van der Waals surface area contributed by atoms with E-state index in [0.717, 1.165) is 41.3 Å². The second-order valence-corrected chi connectivity index (χ2v) is 8.55. The third kappa shape index (κ3) is 2.89. The second kappa shape index (κ2) is 7.21. The number of fused-ring (bicyclic) bond motifs is 1. The van der Waals surface area contributed by atoms with E-state index in [-0.39, 0.29) is 0 Å². The van der Waals surface area contributed by atoms with Gasteiger partial charge in [-0.25, -0.2) is 9.50 Å². The SMILES string of the molecule is CCC(CC)c1cc(C)nn2c(-c3ccc(-c4sccc4C)n3C)c(C)nc12. The molecule has 5 heteroatoms. The highest BCUT2D eigenvalue weighted by molar-refractivity contribution is 7.13. The van der Waals surface area contributed by atoms with Gasteiger partial charge in [0.25, 0.3) is 0 Å². The van der Waals surface area contributed by atoms with Gasteiger partial charge in [-0.05, 0) is 74.7 Å². The number of hydrogen-bond acceptors (Lipinski definition) is 3. The Morgan fingerprint density at radius 1 is 1.04 bits per heavy atom. The number of thiophene rings is 1. The van der Waals surface area contributed by atoms with Crippen molar-refractivity contribution in [2.24, 2.45) is 7.05 Å². The van der Waals surface area contributed by atoms with Crippen molar-refractivity contribution in [3.8, 4) is 22.0 Å². The Morgan fingerprint density at radius 3 is 2.39 bits per heavy atom. The minimum atomic E-state index is 0.511. The van der Waals surface area contributed by atoms with Gasteiger partial charge in [-0.2, -0.15) is 5.10 Å². The molecule has 4 aromatic heterocycles. The van der Waals surface area contributed by atoms with Crippen LogP contribution in [-0.2, 0) is 7.05 Å². The fraction of sp³-hybridized carbons (Fsp3) is 0.391. The van der Waals surface area contributed by atoms with Gasteiger partial charge in [0.2, 0.25) is 0 Å². The predicted molar refractivity (Wildman–Crippen MR) is 118 cm³/mol. The summed E-state index contributed by atoms with van der Waals surface area (Å²) in [5.41, 5.74) is 9.19. The third-order valence-electron chi connectivity index (χ3n) is 5.79. The maximum absolute atomic E-state index is 4.97. The standard InChI is InChI=1S/C23H28N4S/c1-7-17(8-2)18-13-15(4)25-27-21(16(5)24-23(18)27)19-9-10-20(26(19)6)22-14(3)11-12-28-22/h9-13,17H,7-8H2,1-6H3. The predicted octanol–water partition coefficient (Wildman–Crippen LogP) is 6.29. The van der Waals surface area contributed by atoms with Crippen LogP contribution in [0, 0.1) is 20.8 Å². The molecule has 4 rings (SSSR count). The van der Waals surface area contributed by atoms with Crippen molar-refractivity contribution in [1.82, 2.24) is 19.2 Å². The van der Waals surface area contributed by atoms with Crippen molar-refractivity contribution in [1.29, 1.82) is 0 Å². The Kier molecular flexibility index (Phi) is 4.88. The quantitative estimate of drug-likeness (QED) is 0.400. The lowest BCUT2D eigenvalue weighted by molar-refractivity contribution is 0.638. The Morgan fingerprint density at radius 2 is 1.75 bits per heavy atom. The van der Waals surface area contributed by atoms with Crippen LogP contribution >= 0.6 is 11.3 Å². The van der Waals surface area contributed by atoms with E-state index in [1.165, 1.54) is 21.7 Å². The summed E-state index contributed by atoms with van der Waals surface area (Å²) in [6.07, 6.45) is 2.23. The molecule has 146 valence electrons. The fourth-order valence-corrected chi connectivity index (χ4v) is 5.20. The first-order chi connectivity index (χ1) is 13.5. The highest BCUT2D eigenvalue weighted by atomic mass is 32.1. The zero-order chi connectivity index (χ0) is 20.0. The monoisotopic (exact) mass is 392 g/mol. The van der Waals surface area contributed by atoms with Gasteiger partial charge < -0.3 is 4.57 Å². The first kappa shape index (κ1) is 18.9. The molecular weight excluding hydrogens is 364 g/mol. The molecular formula is C23H28N4S. The smallest absolute Gasteiger partial charge is 0.158 e. The van der Waals surface area contributed by atoms with Gasteiger partial charge >= 0.3 is 0 Å². The summed E-state index contributed by atoms with van der Waals surface area (Å²) >= 11 is 1.79. The second-order valence-electron chi connectivity index (χ2n) is 7.63. The first-order valence-corrected chi connectivity index (χ1v) is 10.9. The maximum Gasteiger partial charge on any atom is 0.158 e. The average Bonchev–Trinajstić information content (AvgIpc) is 3.33. The summed E-state index contributed by atoms with van der Waals surface area (Å²) in [4.78, 5) is 6.29. The lowest BCUT2D eigenvalue weighted by Crippen LogP contribution is -2.06. The minimum Gasteiger partial charge on any atom is -0.342 e. The third-order valence-corrected chi connectivity index (χ3v) is 6.83. The Hall–Kier alpha value is -2.40. The molecule has 0 radical (unpaired) electrons.